The third-order valence-corrected chi connectivity index (χ3v) is 7.84. The SMILES string of the molecule is CCCN(C(=O)[C@@H](Cc1ccccc1)N1C(=O)c2ccccc2C1=O)C1CCS(=O)(=O)C1. The zero-order valence-electron chi connectivity index (χ0n) is 17.9. The summed E-state index contributed by atoms with van der Waals surface area (Å²) in [6.45, 7) is 2.28. The van der Waals surface area contributed by atoms with Crippen LogP contribution in [0.5, 0.6) is 0 Å². The normalized spacial score (nSPS) is 20.3. The Morgan fingerprint density at radius 3 is 2.16 bits per heavy atom. The lowest BCUT2D eigenvalue weighted by Crippen LogP contribution is -2.55. The topological polar surface area (TPSA) is 91.8 Å². The minimum absolute atomic E-state index is 0.0432. The maximum atomic E-state index is 13.8. The van der Waals surface area contributed by atoms with Crippen molar-refractivity contribution >= 4 is 27.6 Å². The van der Waals surface area contributed by atoms with Gasteiger partial charge in [-0.25, -0.2) is 8.42 Å². The van der Waals surface area contributed by atoms with Crippen molar-refractivity contribution in [1.82, 2.24) is 9.80 Å². The van der Waals surface area contributed by atoms with Gasteiger partial charge in [-0.15, -0.1) is 0 Å². The molecule has 0 N–H and O–H groups in total. The summed E-state index contributed by atoms with van der Waals surface area (Å²) in [5, 5.41) is 0. The highest BCUT2D eigenvalue weighted by Crippen LogP contribution is 2.28. The van der Waals surface area contributed by atoms with Crippen LogP contribution in [0.3, 0.4) is 0 Å². The summed E-state index contributed by atoms with van der Waals surface area (Å²) in [7, 11) is -3.20. The summed E-state index contributed by atoms with van der Waals surface area (Å²) in [4.78, 5) is 42.9. The summed E-state index contributed by atoms with van der Waals surface area (Å²) in [6, 6.07) is 14.3. The van der Waals surface area contributed by atoms with Gasteiger partial charge in [0.1, 0.15) is 6.04 Å². The van der Waals surface area contributed by atoms with Crippen molar-refractivity contribution < 1.29 is 22.8 Å². The van der Waals surface area contributed by atoms with Crippen LogP contribution in [0.25, 0.3) is 0 Å². The van der Waals surface area contributed by atoms with Crippen molar-refractivity contribution in [2.75, 3.05) is 18.1 Å². The number of imide groups is 1. The second-order valence-electron chi connectivity index (χ2n) is 8.32. The van der Waals surface area contributed by atoms with Crippen molar-refractivity contribution in [3.63, 3.8) is 0 Å². The molecule has 0 saturated carbocycles. The van der Waals surface area contributed by atoms with Crippen LogP contribution >= 0.6 is 0 Å². The smallest absolute Gasteiger partial charge is 0.262 e. The zero-order chi connectivity index (χ0) is 22.9. The van der Waals surface area contributed by atoms with Crippen LogP contribution in [0.4, 0.5) is 0 Å². The summed E-state index contributed by atoms with van der Waals surface area (Å²) in [6.07, 6.45) is 1.18. The molecule has 8 heteroatoms. The van der Waals surface area contributed by atoms with E-state index in [1.54, 1.807) is 29.2 Å². The predicted molar refractivity (Wildman–Crippen MR) is 120 cm³/mol. The Morgan fingerprint density at radius 2 is 1.62 bits per heavy atom. The number of nitrogens with zero attached hydrogens (tertiary/aromatic N) is 2. The van der Waals surface area contributed by atoms with Crippen LogP contribution in [0.2, 0.25) is 0 Å². The monoisotopic (exact) mass is 454 g/mol. The van der Waals surface area contributed by atoms with Crippen LogP contribution in [0.1, 0.15) is 46.0 Å². The summed E-state index contributed by atoms with van der Waals surface area (Å²) in [5.41, 5.74) is 1.39. The number of carbonyl (C=O) groups is 3. The minimum atomic E-state index is -3.20. The molecule has 168 valence electrons. The Balaban J connectivity index is 1.71. The van der Waals surface area contributed by atoms with Gasteiger partial charge in [-0.2, -0.15) is 0 Å². The maximum Gasteiger partial charge on any atom is 0.262 e. The lowest BCUT2D eigenvalue weighted by atomic mass is 10.0. The van der Waals surface area contributed by atoms with E-state index in [4.69, 9.17) is 0 Å². The average Bonchev–Trinajstić information content (AvgIpc) is 3.27. The molecule has 3 amide bonds. The maximum absolute atomic E-state index is 13.8. The number of hydrogen-bond donors (Lipinski definition) is 0. The van der Waals surface area contributed by atoms with Crippen molar-refractivity contribution in [3.8, 4) is 0 Å². The minimum Gasteiger partial charge on any atom is -0.337 e. The third-order valence-electron chi connectivity index (χ3n) is 6.09. The summed E-state index contributed by atoms with van der Waals surface area (Å²) < 4.78 is 24.2. The van der Waals surface area contributed by atoms with Crippen molar-refractivity contribution in [2.24, 2.45) is 0 Å². The van der Waals surface area contributed by atoms with Crippen LogP contribution in [0.15, 0.2) is 54.6 Å². The first kappa shape index (κ1) is 22.2. The summed E-state index contributed by atoms with van der Waals surface area (Å²) in [5.74, 6) is -1.40. The molecule has 1 unspecified atom stereocenters. The fourth-order valence-corrected chi connectivity index (χ4v) is 6.27. The van der Waals surface area contributed by atoms with E-state index >= 15 is 0 Å². The number of hydrogen-bond acceptors (Lipinski definition) is 5. The van der Waals surface area contributed by atoms with Crippen LogP contribution < -0.4 is 0 Å². The molecule has 2 aliphatic rings. The first-order chi connectivity index (χ1) is 15.3. The van der Waals surface area contributed by atoms with Crippen molar-refractivity contribution in [1.29, 1.82) is 0 Å². The zero-order valence-corrected chi connectivity index (χ0v) is 18.8. The Hall–Kier alpha value is -3.00. The molecule has 1 fully saturated rings. The van der Waals surface area contributed by atoms with Gasteiger partial charge in [0.2, 0.25) is 5.91 Å². The van der Waals surface area contributed by atoms with Gasteiger partial charge in [-0.05, 0) is 30.5 Å². The highest BCUT2D eigenvalue weighted by Gasteiger charge is 2.45. The lowest BCUT2D eigenvalue weighted by Gasteiger charge is -2.34. The number of sulfone groups is 1. The summed E-state index contributed by atoms with van der Waals surface area (Å²) >= 11 is 0. The number of fused-ring (bicyclic) bond motifs is 1. The van der Waals surface area contributed by atoms with Gasteiger partial charge in [-0.1, -0.05) is 49.4 Å². The quantitative estimate of drug-likeness (QED) is 0.599. The van der Waals surface area contributed by atoms with Gasteiger partial charge in [-0.3, -0.25) is 19.3 Å². The molecule has 7 nitrogen and oxygen atoms in total. The highest BCUT2D eigenvalue weighted by molar-refractivity contribution is 7.91. The Labute approximate surface area is 187 Å². The van der Waals surface area contributed by atoms with E-state index in [-0.39, 0.29) is 35.0 Å². The Morgan fingerprint density at radius 1 is 1.03 bits per heavy atom. The van der Waals surface area contributed by atoms with E-state index in [1.807, 2.05) is 37.3 Å². The van der Waals surface area contributed by atoms with Crippen LogP contribution in [0, 0.1) is 0 Å². The molecule has 2 aliphatic heterocycles. The molecule has 1 saturated heterocycles. The number of benzene rings is 2. The molecule has 32 heavy (non-hydrogen) atoms. The van der Waals surface area contributed by atoms with E-state index in [1.165, 1.54) is 0 Å². The van der Waals surface area contributed by atoms with Crippen molar-refractivity contribution in [2.45, 2.75) is 38.3 Å². The number of rotatable bonds is 7. The van der Waals surface area contributed by atoms with Crippen LogP contribution in [-0.4, -0.2) is 66.1 Å². The van der Waals surface area contributed by atoms with E-state index in [0.717, 1.165) is 10.5 Å². The number of carbonyl (C=O) groups excluding carboxylic acids is 3. The molecule has 0 aromatic heterocycles. The average molecular weight is 455 g/mol. The molecule has 2 aromatic carbocycles. The fourth-order valence-electron chi connectivity index (χ4n) is 4.54. The Bertz CT molecular complexity index is 1110. The molecule has 0 bridgehead atoms. The lowest BCUT2D eigenvalue weighted by molar-refractivity contribution is -0.137. The second kappa shape index (κ2) is 8.86. The molecular formula is C24H26N2O5S. The molecule has 0 radical (unpaired) electrons. The van der Waals surface area contributed by atoms with Crippen LogP contribution in [-0.2, 0) is 21.1 Å². The molecular weight excluding hydrogens is 428 g/mol. The van der Waals surface area contributed by atoms with E-state index in [9.17, 15) is 22.8 Å². The molecule has 2 heterocycles. The van der Waals surface area contributed by atoms with E-state index in [2.05, 4.69) is 0 Å². The first-order valence-electron chi connectivity index (χ1n) is 10.8. The van der Waals surface area contributed by atoms with Gasteiger partial charge in [0.25, 0.3) is 11.8 Å². The molecule has 0 spiro atoms. The molecule has 4 rings (SSSR count). The largest absolute Gasteiger partial charge is 0.337 e. The van der Waals surface area contributed by atoms with Gasteiger partial charge < -0.3 is 4.90 Å². The van der Waals surface area contributed by atoms with Gasteiger partial charge in [0.15, 0.2) is 9.84 Å². The van der Waals surface area contributed by atoms with Crippen molar-refractivity contribution in [3.05, 3.63) is 71.3 Å². The second-order valence-corrected chi connectivity index (χ2v) is 10.5. The Kier molecular flexibility index (Phi) is 6.15. The first-order valence-corrected chi connectivity index (χ1v) is 12.7. The van der Waals surface area contributed by atoms with Gasteiger partial charge >= 0.3 is 0 Å². The highest BCUT2D eigenvalue weighted by atomic mass is 32.2. The van der Waals surface area contributed by atoms with E-state index in [0.29, 0.717) is 19.4 Å². The standard InChI is InChI=1S/C24H26N2O5S/c1-2-13-25(18-12-14-32(30,31)16-18)24(29)21(15-17-8-4-3-5-9-17)26-22(27)19-10-6-7-11-20(19)23(26)28/h3-11,18,21H,2,12-16H2,1H3/t18?,21-/m1/s1. The fraction of sp³-hybridized carbons (Fsp3) is 0.375. The molecule has 0 aliphatic carbocycles. The predicted octanol–water partition coefficient (Wildman–Crippen LogP) is 2.32. The van der Waals surface area contributed by atoms with Gasteiger partial charge in [0, 0.05) is 19.0 Å². The van der Waals surface area contributed by atoms with E-state index < -0.39 is 33.7 Å². The molecule has 2 aromatic rings. The third kappa shape index (κ3) is 4.19. The molecule has 2 atom stereocenters. The number of amides is 3. The van der Waals surface area contributed by atoms with Gasteiger partial charge in [0.05, 0.1) is 22.6 Å².